The summed E-state index contributed by atoms with van der Waals surface area (Å²) in [6.45, 7) is 9.62. The van der Waals surface area contributed by atoms with E-state index in [4.69, 9.17) is 9.47 Å². The zero-order chi connectivity index (χ0) is 25.2. The van der Waals surface area contributed by atoms with E-state index in [1.54, 1.807) is 0 Å². The number of aryl methyl sites for hydroxylation is 2. The van der Waals surface area contributed by atoms with E-state index >= 15 is 0 Å². The highest BCUT2D eigenvalue weighted by Gasteiger charge is 2.31. The Labute approximate surface area is 207 Å². The van der Waals surface area contributed by atoms with Crippen LogP contribution in [0.4, 0.5) is 4.79 Å². The van der Waals surface area contributed by atoms with Gasteiger partial charge in [-0.2, -0.15) is 0 Å². The molecule has 0 bridgehead atoms. The molecule has 4 rings (SSSR count). The maximum Gasteiger partial charge on any atom is 0.407 e. The second-order valence-electron chi connectivity index (χ2n) is 10.2. The molecule has 182 valence electrons. The molecule has 0 spiro atoms. The second-order valence-corrected chi connectivity index (χ2v) is 10.2. The fourth-order valence-corrected chi connectivity index (χ4v) is 4.59. The number of rotatable bonds is 6. The van der Waals surface area contributed by atoms with Gasteiger partial charge in [-0.3, -0.25) is 0 Å². The molecule has 5 heteroatoms. The number of ether oxygens (including phenoxy) is 2. The van der Waals surface area contributed by atoms with Crippen LogP contribution in [0.5, 0.6) is 0 Å². The first kappa shape index (κ1) is 24.5. The number of fused-ring (bicyclic) bond motifs is 3. The number of esters is 1. The highest BCUT2D eigenvalue weighted by Crippen LogP contribution is 2.44. The van der Waals surface area contributed by atoms with Crippen molar-refractivity contribution in [3.05, 3.63) is 94.5 Å². The van der Waals surface area contributed by atoms with Crippen LogP contribution in [-0.2, 0) is 20.7 Å². The van der Waals surface area contributed by atoms with Crippen LogP contribution in [0.2, 0.25) is 0 Å². The van der Waals surface area contributed by atoms with E-state index in [9.17, 15) is 9.59 Å². The van der Waals surface area contributed by atoms with Gasteiger partial charge in [-0.05, 0) is 68.0 Å². The van der Waals surface area contributed by atoms with Crippen molar-refractivity contribution in [3.63, 3.8) is 0 Å². The molecule has 1 aliphatic rings. The van der Waals surface area contributed by atoms with E-state index in [2.05, 4.69) is 29.6 Å². The quantitative estimate of drug-likeness (QED) is 0.442. The van der Waals surface area contributed by atoms with E-state index in [0.29, 0.717) is 6.42 Å². The Hall–Kier alpha value is -3.60. The van der Waals surface area contributed by atoms with E-state index in [-0.39, 0.29) is 12.5 Å². The molecule has 5 nitrogen and oxygen atoms in total. The van der Waals surface area contributed by atoms with Crippen LogP contribution in [0.3, 0.4) is 0 Å². The Balaban J connectivity index is 1.49. The molecule has 0 aliphatic heterocycles. The molecule has 1 N–H and O–H groups in total. The van der Waals surface area contributed by atoms with Gasteiger partial charge in [-0.25, -0.2) is 9.59 Å². The third-order valence-electron chi connectivity index (χ3n) is 6.26. The number of alkyl carbamates (subject to hydrolysis) is 1. The fourth-order valence-electron chi connectivity index (χ4n) is 4.59. The maximum atomic E-state index is 13.0. The summed E-state index contributed by atoms with van der Waals surface area (Å²) in [7, 11) is 0. The summed E-state index contributed by atoms with van der Waals surface area (Å²) < 4.78 is 11.3. The lowest BCUT2D eigenvalue weighted by molar-refractivity contribution is -0.157. The summed E-state index contributed by atoms with van der Waals surface area (Å²) in [5.41, 5.74) is 7.08. The molecule has 0 heterocycles. The number of carbonyl (C=O) groups excluding carboxylic acids is 2. The van der Waals surface area contributed by atoms with Crippen molar-refractivity contribution >= 4 is 12.1 Å². The van der Waals surface area contributed by atoms with Gasteiger partial charge in [0, 0.05) is 12.3 Å². The van der Waals surface area contributed by atoms with Gasteiger partial charge in [0.1, 0.15) is 18.2 Å². The largest absolute Gasteiger partial charge is 0.458 e. The predicted octanol–water partition coefficient (Wildman–Crippen LogP) is 6.09. The van der Waals surface area contributed by atoms with Crippen LogP contribution in [0, 0.1) is 13.8 Å². The van der Waals surface area contributed by atoms with Gasteiger partial charge in [0.2, 0.25) is 0 Å². The zero-order valence-electron chi connectivity index (χ0n) is 21.1. The Morgan fingerprint density at radius 1 is 0.914 bits per heavy atom. The lowest BCUT2D eigenvalue weighted by Crippen LogP contribution is -2.46. The van der Waals surface area contributed by atoms with Gasteiger partial charge in [-0.1, -0.05) is 72.3 Å². The highest BCUT2D eigenvalue weighted by atomic mass is 16.6. The fraction of sp³-hybridized carbons (Fsp3) is 0.333. The van der Waals surface area contributed by atoms with Crippen LogP contribution in [0.1, 0.15) is 54.5 Å². The van der Waals surface area contributed by atoms with Crippen molar-refractivity contribution in [2.24, 2.45) is 0 Å². The molecule has 35 heavy (non-hydrogen) atoms. The van der Waals surface area contributed by atoms with Gasteiger partial charge >= 0.3 is 12.1 Å². The third-order valence-corrected chi connectivity index (χ3v) is 6.26. The highest BCUT2D eigenvalue weighted by molar-refractivity contribution is 5.82. The maximum absolute atomic E-state index is 13.0. The Bertz CT molecular complexity index is 1200. The normalized spacial score (nSPS) is 13.5. The molecule has 0 aromatic heterocycles. The average molecular weight is 472 g/mol. The van der Waals surface area contributed by atoms with Crippen molar-refractivity contribution in [1.29, 1.82) is 0 Å². The van der Waals surface area contributed by atoms with Crippen molar-refractivity contribution < 1.29 is 19.1 Å². The van der Waals surface area contributed by atoms with Crippen molar-refractivity contribution in [2.75, 3.05) is 6.61 Å². The Morgan fingerprint density at radius 2 is 1.51 bits per heavy atom. The summed E-state index contributed by atoms with van der Waals surface area (Å²) in [6, 6.07) is 21.6. The first-order chi connectivity index (χ1) is 16.6. The summed E-state index contributed by atoms with van der Waals surface area (Å²) in [5, 5.41) is 2.77. The molecule has 0 saturated carbocycles. The van der Waals surface area contributed by atoms with Crippen molar-refractivity contribution in [2.45, 2.75) is 58.6 Å². The molecule has 0 saturated heterocycles. The van der Waals surface area contributed by atoms with Gasteiger partial charge in [-0.15, -0.1) is 0 Å². The Kier molecular flexibility index (Phi) is 6.97. The van der Waals surface area contributed by atoms with Gasteiger partial charge in [0.15, 0.2) is 0 Å². The van der Waals surface area contributed by atoms with Crippen LogP contribution in [-0.4, -0.2) is 30.3 Å². The molecule has 0 unspecified atom stereocenters. The van der Waals surface area contributed by atoms with Crippen LogP contribution < -0.4 is 5.32 Å². The summed E-state index contributed by atoms with van der Waals surface area (Å²) in [5.74, 6) is -0.529. The minimum atomic E-state index is -0.856. The minimum Gasteiger partial charge on any atom is -0.458 e. The second kappa shape index (κ2) is 9.95. The van der Waals surface area contributed by atoms with Crippen molar-refractivity contribution in [1.82, 2.24) is 5.32 Å². The number of benzene rings is 3. The first-order valence-corrected chi connectivity index (χ1v) is 12.0. The number of hydrogen-bond acceptors (Lipinski definition) is 4. The van der Waals surface area contributed by atoms with E-state index in [0.717, 1.165) is 27.8 Å². The predicted molar refractivity (Wildman–Crippen MR) is 137 cm³/mol. The van der Waals surface area contributed by atoms with Crippen LogP contribution >= 0.6 is 0 Å². The van der Waals surface area contributed by atoms with Crippen LogP contribution in [0.15, 0.2) is 66.7 Å². The monoisotopic (exact) mass is 471 g/mol. The number of amides is 1. The number of hydrogen-bond donors (Lipinski definition) is 1. The zero-order valence-corrected chi connectivity index (χ0v) is 21.1. The molecule has 3 aromatic carbocycles. The lowest BCUT2D eigenvalue weighted by atomic mass is 9.98. The average Bonchev–Trinajstić information content (AvgIpc) is 3.12. The third kappa shape index (κ3) is 5.73. The van der Waals surface area contributed by atoms with Gasteiger partial charge in [0.25, 0.3) is 0 Å². The summed E-state index contributed by atoms with van der Waals surface area (Å²) in [6.07, 6.45) is -0.305. The first-order valence-electron chi connectivity index (χ1n) is 12.0. The molecule has 1 atom stereocenters. The van der Waals surface area contributed by atoms with Crippen molar-refractivity contribution in [3.8, 4) is 11.1 Å². The van der Waals surface area contributed by atoms with Gasteiger partial charge < -0.3 is 14.8 Å². The number of nitrogens with one attached hydrogen (secondary N) is 1. The summed E-state index contributed by atoms with van der Waals surface area (Å²) in [4.78, 5) is 25.9. The van der Waals surface area contributed by atoms with Gasteiger partial charge in [0.05, 0.1) is 0 Å². The lowest BCUT2D eigenvalue weighted by Gasteiger charge is -2.25. The van der Waals surface area contributed by atoms with E-state index in [1.165, 1.54) is 11.1 Å². The Morgan fingerprint density at radius 3 is 2.11 bits per heavy atom. The molecule has 3 aromatic rings. The van der Waals surface area contributed by atoms with Crippen LogP contribution in [0.25, 0.3) is 11.1 Å². The standard InChI is InChI=1S/C30H33NO4/c1-19-14-15-20(2)21(16-19)17-27(28(32)35-30(3,4)5)31-29(33)34-18-26-24-12-8-6-10-22(24)23-11-7-9-13-25(23)26/h6-16,26-27H,17-18H2,1-5H3,(H,31,33)/t27-/m0/s1. The molecular weight excluding hydrogens is 438 g/mol. The molecule has 1 amide bonds. The molecule has 0 radical (unpaired) electrons. The summed E-state index contributed by atoms with van der Waals surface area (Å²) >= 11 is 0. The van der Waals surface area contributed by atoms with E-state index in [1.807, 2.05) is 77.1 Å². The molecule has 0 fully saturated rings. The SMILES string of the molecule is Cc1ccc(C)c(C[C@H](NC(=O)OCC2c3ccccc3-c3ccccc32)C(=O)OC(C)(C)C)c1. The smallest absolute Gasteiger partial charge is 0.407 e. The molecule has 1 aliphatic carbocycles. The minimum absolute atomic E-state index is 0.0489. The molecular formula is C30H33NO4. The van der Waals surface area contributed by atoms with E-state index < -0.39 is 23.7 Å². The topological polar surface area (TPSA) is 64.6 Å². The number of carbonyl (C=O) groups is 2.